The minimum absolute atomic E-state index is 0.0681. The van der Waals surface area contributed by atoms with Crippen molar-refractivity contribution in [3.8, 4) is 5.75 Å². The molecule has 2 aliphatic heterocycles. The Labute approximate surface area is 184 Å². The summed E-state index contributed by atoms with van der Waals surface area (Å²) in [5.41, 5.74) is 4.11. The van der Waals surface area contributed by atoms with E-state index in [-0.39, 0.29) is 11.8 Å². The van der Waals surface area contributed by atoms with Crippen LogP contribution in [0.5, 0.6) is 5.75 Å². The third-order valence-electron chi connectivity index (χ3n) is 5.11. The minimum Gasteiger partial charge on any atom is -0.456 e. The standard InChI is InChI=1S/C25H17NO2S2/c27-24-21(30-25(29)26-24)15-19-22(16-9-3-1-4-10-16)18-13-7-8-14-20(18)28-23(19)17-11-5-2-6-12-17/h1-15,22H,(H,26,27,29)/b21-15+/t22-/m0/s1. The number of nitrogens with one attached hydrogen (secondary N) is 1. The number of hydrogen-bond acceptors (Lipinski definition) is 4. The van der Waals surface area contributed by atoms with E-state index in [2.05, 4.69) is 23.5 Å². The highest BCUT2D eigenvalue weighted by atomic mass is 32.2. The fourth-order valence-electron chi connectivity index (χ4n) is 3.81. The van der Waals surface area contributed by atoms with E-state index in [0.29, 0.717) is 9.23 Å². The first-order valence-corrected chi connectivity index (χ1v) is 10.8. The summed E-state index contributed by atoms with van der Waals surface area (Å²) in [6.45, 7) is 0. The molecule has 3 aromatic rings. The minimum atomic E-state index is -0.171. The van der Waals surface area contributed by atoms with Crippen molar-refractivity contribution >= 4 is 40.0 Å². The van der Waals surface area contributed by atoms with Gasteiger partial charge < -0.3 is 10.1 Å². The van der Waals surface area contributed by atoms with Crippen LogP contribution in [0.1, 0.15) is 22.6 Å². The predicted molar refractivity (Wildman–Crippen MR) is 125 cm³/mol. The molecular formula is C25H17NO2S2. The summed E-state index contributed by atoms with van der Waals surface area (Å²) in [7, 11) is 0. The van der Waals surface area contributed by atoms with Gasteiger partial charge in [-0.15, -0.1) is 0 Å². The number of benzene rings is 3. The van der Waals surface area contributed by atoms with Crippen molar-refractivity contribution in [2.75, 3.05) is 0 Å². The monoisotopic (exact) mass is 427 g/mol. The first-order chi connectivity index (χ1) is 14.7. The van der Waals surface area contributed by atoms with E-state index in [4.69, 9.17) is 17.0 Å². The number of carbonyl (C=O) groups is 1. The first kappa shape index (κ1) is 18.9. The van der Waals surface area contributed by atoms with Crippen molar-refractivity contribution in [2.45, 2.75) is 5.92 Å². The SMILES string of the molecule is O=C1NC(=S)S/C1=C/C1=C(c2ccccc2)Oc2ccccc2[C@@H]1c1ccccc1. The largest absolute Gasteiger partial charge is 0.456 e. The summed E-state index contributed by atoms with van der Waals surface area (Å²) >= 11 is 6.48. The molecule has 3 aromatic carbocycles. The molecule has 1 fully saturated rings. The summed E-state index contributed by atoms with van der Waals surface area (Å²) in [5.74, 6) is 1.34. The van der Waals surface area contributed by atoms with Gasteiger partial charge in [-0.2, -0.15) is 0 Å². The molecule has 0 bridgehead atoms. The number of ether oxygens (including phenoxy) is 1. The van der Waals surface area contributed by atoms with E-state index in [1.807, 2.05) is 72.8 Å². The maximum Gasteiger partial charge on any atom is 0.263 e. The first-order valence-electron chi connectivity index (χ1n) is 9.57. The molecule has 5 rings (SSSR count). The van der Waals surface area contributed by atoms with Crippen molar-refractivity contribution in [1.82, 2.24) is 5.32 Å². The highest BCUT2D eigenvalue weighted by Crippen LogP contribution is 2.47. The van der Waals surface area contributed by atoms with Crippen LogP contribution in [0.2, 0.25) is 0 Å². The van der Waals surface area contributed by atoms with Gasteiger partial charge in [0.25, 0.3) is 5.91 Å². The predicted octanol–water partition coefficient (Wildman–Crippen LogP) is 5.65. The van der Waals surface area contributed by atoms with Gasteiger partial charge in [0.2, 0.25) is 0 Å². The molecular weight excluding hydrogens is 410 g/mol. The zero-order valence-corrected chi connectivity index (χ0v) is 17.5. The molecule has 0 spiro atoms. The normalized spacial score (nSPS) is 19.5. The number of carbonyl (C=O) groups excluding carboxylic acids is 1. The van der Waals surface area contributed by atoms with E-state index >= 15 is 0 Å². The number of para-hydroxylation sites is 1. The Balaban J connectivity index is 1.78. The Morgan fingerprint density at radius 1 is 0.900 bits per heavy atom. The highest BCUT2D eigenvalue weighted by Gasteiger charge is 2.32. The number of thiocarbonyl (C=S) groups is 1. The van der Waals surface area contributed by atoms with Crippen molar-refractivity contribution < 1.29 is 9.53 Å². The second kappa shape index (κ2) is 7.94. The Hall–Kier alpha value is -3.15. The number of rotatable bonds is 3. The molecule has 0 aromatic heterocycles. The molecule has 3 nitrogen and oxygen atoms in total. The molecule has 0 aliphatic carbocycles. The zero-order valence-electron chi connectivity index (χ0n) is 15.9. The zero-order chi connectivity index (χ0) is 20.5. The van der Waals surface area contributed by atoms with Crippen LogP contribution in [0.3, 0.4) is 0 Å². The van der Waals surface area contributed by atoms with Gasteiger partial charge in [0.15, 0.2) is 0 Å². The van der Waals surface area contributed by atoms with Gasteiger partial charge in [-0.3, -0.25) is 4.79 Å². The fraction of sp³-hybridized carbons (Fsp3) is 0.0400. The van der Waals surface area contributed by atoms with Crippen LogP contribution in [-0.4, -0.2) is 10.2 Å². The van der Waals surface area contributed by atoms with Crippen molar-refractivity contribution in [3.63, 3.8) is 0 Å². The molecule has 1 atom stereocenters. The second-order valence-electron chi connectivity index (χ2n) is 6.99. The number of thioether (sulfide) groups is 1. The van der Waals surface area contributed by atoms with Gasteiger partial charge in [0.1, 0.15) is 15.8 Å². The van der Waals surface area contributed by atoms with Gasteiger partial charge in [-0.25, -0.2) is 0 Å². The quantitative estimate of drug-likeness (QED) is 0.433. The summed E-state index contributed by atoms with van der Waals surface area (Å²) in [4.78, 5) is 13.0. The third kappa shape index (κ3) is 3.47. The summed E-state index contributed by atoms with van der Waals surface area (Å²) in [6.07, 6.45) is 1.93. The van der Waals surface area contributed by atoms with E-state index < -0.39 is 0 Å². The van der Waals surface area contributed by atoms with Crippen LogP contribution in [0.15, 0.2) is 101 Å². The van der Waals surface area contributed by atoms with E-state index in [1.54, 1.807) is 0 Å². The molecule has 30 heavy (non-hydrogen) atoms. The van der Waals surface area contributed by atoms with Crippen LogP contribution >= 0.6 is 24.0 Å². The lowest BCUT2D eigenvalue weighted by atomic mass is 9.81. The second-order valence-corrected chi connectivity index (χ2v) is 8.71. The molecule has 1 saturated heterocycles. The molecule has 0 unspecified atom stereocenters. The van der Waals surface area contributed by atoms with E-state index in [1.165, 1.54) is 11.8 Å². The van der Waals surface area contributed by atoms with Crippen LogP contribution < -0.4 is 10.1 Å². The molecule has 0 radical (unpaired) electrons. The van der Waals surface area contributed by atoms with Crippen LogP contribution in [0.4, 0.5) is 0 Å². The molecule has 0 saturated carbocycles. The Morgan fingerprint density at radius 3 is 2.27 bits per heavy atom. The van der Waals surface area contributed by atoms with Crippen molar-refractivity contribution in [3.05, 3.63) is 118 Å². The number of fused-ring (bicyclic) bond motifs is 1. The lowest BCUT2D eigenvalue weighted by Crippen LogP contribution is -2.19. The molecule has 146 valence electrons. The average Bonchev–Trinajstić information content (AvgIpc) is 3.11. The molecule has 2 aliphatic rings. The number of amides is 1. The topological polar surface area (TPSA) is 38.3 Å². The smallest absolute Gasteiger partial charge is 0.263 e. The molecule has 2 heterocycles. The maximum atomic E-state index is 12.4. The maximum absolute atomic E-state index is 12.4. The summed E-state index contributed by atoms with van der Waals surface area (Å²) in [5, 5.41) is 2.71. The third-order valence-corrected chi connectivity index (χ3v) is 6.28. The Morgan fingerprint density at radius 2 is 1.57 bits per heavy atom. The molecule has 5 heteroatoms. The Bertz CT molecular complexity index is 1200. The number of hydrogen-bond donors (Lipinski definition) is 1. The lowest BCUT2D eigenvalue weighted by Gasteiger charge is -2.30. The highest BCUT2D eigenvalue weighted by molar-refractivity contribution is 8.26. The van der Waals surface area contributed by atoms with Crippen LogP contribution in [0, 0.1) is 0 Å². The van der Waals surface area contributed by atoms with Gasteiger partial charge >= 0.3 is 0 Å². The molecule has 1 amide bonds. The average molecular weight is 428 g/mol. The van der Waals surface area contributed by atoms with Crippen LogP contribution in [0.25, 0.3) is 5.76 Å². The summed E-state index contributed by atoms with van der Waals surface area (Å²) in [6, 6.07) is 28.4. The summed E-state index contributed by atoms with van der Waals surface area (Å²) < 4.78 is 6.89. The number of allylic oxidation sites excluding steroid dienone is 2. The van der Waals surface area contributed by atoms with Crippen LogP contribution in [-0.2, 0) is 4.79 Å². The van der Waals surface area contributed by atoms with Crippen molar-refractivity contribution in [2.24, 2.45) is 0 Å². The fourth-order valence-corrected chi connectivity index (χ4v) is 4.85. The lowest BCUT2D eigenvalue weighted by molar-refractivity contribution is -0.115. The van der Waals surface area contributed by atoms with Gasteiger partial charge in [-0.05, 0) is 17.7 Å². The van der Waals surface area contributed by atoms with Crippen molar-refractivity contribution in [1.29, 1.82) is 0 Å². The van der Waals surface area contributed by atoms with Gasteiger partial charge in [0.05, 0.1) is 4.91 Å². The molecule has 1 N–H and O–H groups in total. The van der Waals surface area contributed by atoms with E-state index in [9.17, 15) is 4.79 Å². The van der Waals surface area contributed by atoms with Gasteiger partial charge in [0, 0.05) is 22.6 Å². The Kier molecular flexibility index (Phi) is 4.99. The van der Waals surface area contributed by atoms with Gasteiger partial charge in [-0.1, -0.05) is 103 Å². The van der Waals surface area contributed by atoms with E-state index in [0.717, 1.165) is 33.8 Å².